The number of hydrogen-bond acceptors (Lipinski definition) is 4. The van der Waals surface area contributed by atoms with E-state index >= 15 is 0 Å². The number of ether oxygens (including phenoxy) is 2. The SMILES string of the molecule is C=C(C)COC(=O)C1(C(=O)OCC(=C)C)CCCCC1. The Morgan fingerprint density at radius 2 is 1.30 bits per heavy atom. The molecule has 0 radical (unpaired) electrons. The fourth-order valence-electron chi connectivity index (χ4n) is 2.30. The number of carbonyl (C=O) groups excluding carboxylic acids is 2. The summed E-state index contributed by atoms with van der Waals surface area (Å²) in [5.41, 5.74) is 0.364. The van der Waals surface area contributed by atoms with E-state index in [4.69, 9.17) is 9.47 Å². The van der Waals surface area contributed by atoms with Crippen molar-refractivity contribution in [2.45, 2.75) is 46.0 Å². The Kier molecular flexibility index (Phi) is 5.99. The molecule has 1 aliphatic rings. The maximum Gasteiger partial charge on any atom is 0.323 e. The van der Waals surface area contributed by atoms with Gasteiger partial charge in [0.05, 0.1) is 0 Å². The summed E-state index contributed by atoms with van der Waals surface area (Å²) in [7, 11) is 0. The molecule has 1 saturated carbocycles. The highest BCUT2D eigenvalue weighted by molar-refractivity contribution is 6.00. The van der Waals surface area contributed by atoms with E-state index in [1.54, 1.807) is 13.8 Å². The predicted molar refractivity (Wildman–Crippen MR) is 77.1 cm³/mol. The molecule has 112 valence electrons. The van der Waals surface area contributed by atoms with Gasteiger partial charge in [-0.25, -0.2) is 0 Å². The average Bonchev–Trinajstić information content (AvgIpc) is 2.42. The third-order valence-electron chi connectivity index (χ3n) is 3.39. The van der Waals surface area contributed by atoms with E-state index in [0.717, 1.165) is 30.4 Å². The van der Waals surface area contributed by atoms with Gasteiger partial charge in [-0.3, -0.25) is 9.59 Å². The first-order chi connectivity index (χ1) is 9.38. The minimum Gasteiger partial charge on any atom is -0.460 e. The van der Waals surface area contributed by atoms with Crippen LogP contribution in [0.5, 0.6) is 0 Å². The van der Waals surface area contributed by atoms with Crippen LogP contribution >= 0.6 is 0 Å². The smallest absolute Gasteiger partial charge is 0.323 e. The molecule has 20 heavy (non-hydrogen) atoms. The van der Waals surface area contributed by atoms with E-state index in [1.807, 2.05) is 0 Å². The number of esters is 2. The lowest BCUT2D eigenvalue weighted by Crippen LogP contribution is -2.43. The predicted octanol–water partition coefficient (Wildman–Crippen LogP) is 3.18. The highest BCUT2D eigenvalue weighted by atomic mass is 16.6. The Morgan fingerprint density at radius 1 is 0.900 bits per heavy atom. The van der Waals surface area contributed by atoms with Gasteiger partial charge in [-0.05, 0) is 37.8 Å². The molecule has 0 saturated heterocycles. The second-order valence-corrected chi connectivity index (χ2v) is 5.71. The molecule has 0 atom stereocenters. The van der Waals surface area contributed by atoms with Gasteiger partial charge in [-0.1, -0.05) is 32.4 Å². The highest BCUT2D eigenvalue weighted by Crippen LogP contribution is 2.39. The molecule has 1 fully saturated rings. The van der Waals surface area contributed by atoms with E-state index in [-0.39, 0.29) is 13.2 Å². The second-order valence-electron chi connectivity index (χ2n) is 5.71. The second kappa shape index (κ2) is 7.27. The molecular formula is C16H24O4. The molecule has 4 heteroatoms. The molecule has 4 nitrogen and oxygen atoms in total. The molecule has 0 N–H and O–H groups in total. The number of carbonyl (C=O) groups is 2. The standard InChI is InChI=1S/C16H24O4/c1-12(2)10-19-14(17)16(8-6-5-7-9-16)15(18)20-11-13(3)4/h1,3,5-11H2,2,4H3. The van der Waals surface area contributed by atoms with Crippen molar-refractivity contribution in [3.63, 3.8) is 0 Å². The Morgan fingerprint density at radius 3 is 1.65 bits per heavy atom. The van der Waals surface area contributed by atoms with Gasteiger partial charge in [0.1, 0.15) is 13.2 Å². The summed E-state index contributed by atoms with van der Waals surface area (Å²) >= 11 is 0. The fraction of sp³-hybridized carbons (Fsp3) is 0.625. The zero-order valence-electron chi connectivity index (χ0n) is 12.5. The van der Waals surface area contributed by atoms with Gasteiger partial charge < -0.3 is 9.47 Å². The zero-order chi connectivity index (χ0) is 15.2. The Labute approximate surface area is 120 Å². The Hall–Kier alpha value is -1.58. The first kappa shape index (κ1) is 16.5. The van der Waals surface area contributed by atoms with Crippen molar-refractivity contribution in [2.24, 2.45) is 5.41 Å². The zero-order valence-corrected chi connectivity index (χ0v) is 12.5. The molecule has 0 amide bonds. The van der Waals surface area contributed by atoms with Crippen molar-refractivity contribution >= 4 is 11.9 Å². The third-order valence-corrected chi connectivity index (χ3v) is 3.39. The van der Waals surface area contributed by atoms with Gasteiger partial charge in [0, 0.05) is 0 Å². The quantitative estimate of drug-likeness (QED) is 0.426. The van der Waals surface area contributed by atoms with E-state index < -0.39 is 17.4 Å². The van der Waals surface area contributed by atoms with Crippen LogP contribution in [-0.2, 0) is 19.1 Å². The summed E-state index contributed by atoms with van der Waals surface area (Å²) in [6.45, 7) is 11.2. The van der Waals surface area contributed by atoms with E-state index in [2.05, 4.69) is 13.2 Å². The number of hydrogen-bond donors (Lipinski definition) is 0. The molecule has 0 heterocycles. The summed E-state index contributed by atoms with van der Waals surface area (Å²) in [6.07, 6.45) is 3.70. The molecule has 0 aliphatic heterocycles. The Balaban J connectivity index is 2.79. The summed E-state index contributed by atoms with van der Waals surface area (Å²) < 4.78 is 10.4. The van der Waals surface area contributed by atoms with Crippen molar-refractivity contribution in [1.82, 2.24) is 0 Å². The van der Waals surface area contributed by atoms with Gasteiger partial charge in [-0.2, -0.15) is 0 Å². The maximum absolute atomic E-state index is 12.3. The summed E-state index contributed by atoms with van der Waals surface area (Å²) in [6, 6.07) is 0. The van der Waals surface area contributed by atoms with E-state index in [9.17, 15) is 9.59 Å². The third kappa shape index (κ3) is 4.22. The Bertz CT molecular complexity index is 371. The molecule has 0 aromatic carbocycles. The van der Waals surface area contributed by atoms with Crippen LogP contribution in [0.3, 0.4) is 0 Å². The van der Waals surface area contributed by atoms with Crippen LogP contribution in [0.4, 0.5) is 0 Å². The van der Waals surface area contributed by atoms with E-state index in [0.29, 0.717) is 12.8 Å². The molecule has 0 aromatic rings. The lowest BCUT2D eigenvalue weighted by Gasteiger charge is -2.32. The van der Waals surface area contributed by atoms with Gasteiger partial charge >= 0.3 is 11.9 Å². The molecule has 0 bridgehead atoms. The summed E-state index contributed by atoms with van der Waals surface area (Å²) in [4.78, 5) is 24.6. The van der Waals surface area contributed by atoms with Gasteiger partial charge in [0.2, 0.25) is 0 Å². The van der Waals surface area contributed by atoms with Crippen LogP contribution in [0.1, 0.15) is 46.0 Å². The van der Waals surface area contributed by atoms with Gasteiger partial charge in [0.25, 0.3) is 0 Å². The average molecular weight is 280 g/mol. The van der Waals surface area contributed by atoms with E-state index in [1.165, 1.54) is 0 Å². The van der Waals surface area contributed by atoms with Crippen LogP contribution in [-0.4, -0.2) is 25.2 Å². The summed E-state index contributed by atoms with van der Waals surface area (Å²) in [5.74, 6) is -0.959. The lowest BCUT2D eigenvalue weighted by molar-refractivity contribution is -0.174. The van der Waals surface area contributed by atoms with Crippen molar-refractivity contribution in [2.75, 3.05) is 13.2 Å². The van der Waals surface area contributed by atoms with Gasteiger partial charge in [0.15, 0.2) is 5.41 Å². The molecule has 0 unspecified atom stereocenters. The normalized spacial score (nSPS) is 17.1. The van der Waals surface area contributed by atoms with Crippen molar-refractivity contribution in [3.8, 4) is 0 Å². The fourth-order valence-corrected chi connectivity index (χ4v) is 2.30. The first-order valence-electron chi connectivity index (χ1n) is 7.02. The lowest BCUT2D eigenvalue weighted by atomic mass is 9.74. The van der Waals surface area contributed by atoms with Crippen LogP contribution in [0.25, 0.3) is 0 Å². The molecular weight excluding hydrogens is 256 g/mol. The van der Waals surface area contributed by atoms with Crippen molar-refractivity contribution in [1.29, 1.82) is 0 Å². The topological polar surface area (TPSA) is 52.6 Å². The summed E-state index contributed by atoms with van der Waals surface area (Å²) in [5, 5.41) is 0. The minimum atomic E-state index is -1.14. The van der Waals surface area contributed by atoms with Crippen LogP contribution in [0.15, 0.2) is 24.3 Å². The van der Waals surface area contributed by atoms with Crippen molar-refractivity contribution < 1.29 is 19.1 Å². The van der Waals surface area contributed by atoms with Gasteiger partial charge in [-0.15, -0.1) is 0 Å². The molecule has 1 aliphatic carbocycles. The monoisotopic (exact) mass is 280 g/mol. The minimum absolute atomic E-state index is 0.147. The van der Waals surface area contributed by atoms with Crippen molar-refractivity contribution in [3.05, 3.63) is 24.3 Å². The highest BCUT2D eigenvalue weighted by Gasteiger charge is 2.49. The van der Waals surface area contributed by atoms with Crippen LogP contribution in [0, 0.1) is 5.41 Å². The van der Waals surface area contributed by atoms with Crippen LogP contribution < -0.4 is 0 Å². The molecule has 1 rings (SSSR count). The van der Waals surface area contributed by atoms with Crippen LogP contribution in [0.2, 0.25) is 0 Å². The largest absolute Gasteiger partial charge is 0.460 e. The molecule has 0 aromatic heterocycles. The first-order valence-corrected chi connectivity index (χ1v) is 7.02. The number of rotatable bonds is 6. The molecule has 0 spiro atoms. The maximum atomic E-state index is 12.3.